The fourth-order valence-corrected chi connectivity index (χ4v) is 2.22. The molecule has 0 N–H and O–H groups in total. The number of hydrogen-bond acceptors (Lipinski definition) is 3. The van der Waals surface area contributed by atoms with Crippen LogP contribution < -0.4 is 4.74 Å². The predicted octanol–water partition coefficient (Wildman–Crippen LogP) is 3.27. The van der Waals surface area contributed by atoms with Crippen molar-refractivity contribution >= 4 is 21.7 Å². The molecule has 2 aromatic rings. The molecule has 0 atom stereocenters. The highest BCUT2D eigenvalue weighted by atomic mass is 79.9. The van der Waals surface area contributed by atoms with Crippen molar-refractivity contribution < 1.29 is 9.53 Å². The van der Waals surface area contributed by atoms with Crippen LogP contribution in [0.5, 0.6) is 5.75 Å². The highest BCUT2D eigenvalue weighted by Gasteiger charge is 2.11. The Morgan fingerprint density at radius 3 is 2.47 bits per heavy atom. The molecular formula is C14H15BrN2O2. The molecule has 0 bridgehead atoms. The summed E-state index contributed by atoms with van der Waals surface area (Å²) in [6.07, 6.45) is 0. The molecule has 0 unspecified atom stereocenters. The van der Waals surface area contributed by atoms with Gasteiger partial charge in [-0.2, -0.15) is 5.10 Å². The lowest BCUT2D eigenvalue weighted by Gasteiger charge is -2.07. The number of nitrogens with zero attached hydrogens (tertiary/aromatic N) is 2. The minimum atomic E-state index is 0.0524. The van der Waals surface area contributed by atoms with Crippen molar-refractivity contribution in [1.82, 2.24) is 9.78 Å². The highest BCUT2D eigenvalue weighted by molar-refractivity contribution is 9.10. The summed E-state index contributed by atoms with van der Waals surface area (Å²) in [4.78, 5) is 11.2. The maximum absolute atomic E-state index is 11.2. The predicted molar refractivity (Wildman–Crippen MR) is 76.4 cm³/mol. The van der Waals surface area contributed by atoms with Gasteiger partial charge in [0.15, 0.2) is 5.78 Å². The number of aryl methyl sites for hydroxylation is 2. The van der Waals surface area contributed by atoms with Gasteiger partial charge in [-0.05, 0) is 54.0 Å². The van der Waals surface area contributed by atoms with Gasteiger partial charge in [-0.3, -0.25) is 9.48 Å². The molecule has 2 rings (SSSR count). The topological polar surface area (TPSA) is 44.1 Å². The second-order valence-electron chi connectivity index (χ2n) is 4.34. The molecule has 100 valence electrons. The quantitative estimate of drug-likeness (QED) is 0.811. The normalized spacial score (nSPS) is 10.5. The van der Waals surface area contributed by atoms with Crippen molar-refractivity contribution in [3.05, 3.63) is 45.7 Å². The molecule has 0 saturated heterocycles. The Bertz CT molecular complexity index is 603. The average Bonchev–Trinajstić information content (AvgIpc) is 2.62. The number of carbonyl (C=O) groups excluding carboxylic acids is 1. The van der Waals surface area contributed by atoms with Crippen LogP contribution in [-0.4, -0.2) is 15.6 Å². The number of carbonyl (C=O) groups is 1. The van der Waals surface area contributed by atoms with Gasteiger partial charge in [0.05, 0.1) is 15.9 Å². The Morgan fingerprint density at radius 1 is 1.37 bits per heavy atom. The Labute approximate surface area is 120 Å². The summed E-state index contributed by atoms with van der Waals surface area (Å²) in [5.74, 6) is 0.785. The van der Waals surface area contributed by atoms with Gasteiger partial charge < -0.3 is 4.74 Å². The van der Waals surface area contributed by atoms with E-state index in [1.54, 1.807) is 35.9 Å². The standard InChI is InChI=1S/C14H15BrN2O2/c1-9-14(15)13(17(3)16-9)8-19-12-6-4-11(5-7-12)10(2)18/h4-7H,8H2,1-3H3. The number of hydrogen-bond donors (Lipinski definition) is 0. The van der Waals surface area contributed by atoms with Crippen molar-refractivity contribution in [2.45, 2.75) is 20.5 Å². The summed E-state index contributed by atoms with van der Waals surface area (Å²) in [6, 6.07) is 7.13. The molecule has 0 aliphatic heterocycles. The Kier molecular flexibility index (Phi) is 4.04. The molecule has 1 aromatic heterocycles. The molecule has 0 aliphatic rings. The highest BCUT2D eigenvalue weighted by Crippen LogP contribution is 2.22. The van der Waals surface area contributed by atoms with E-state index in [1.165, 1.54) is 0 Å². The van der Waals surface area contributed by atoms with Crippen LogP contribution in [0.4, 0.5) is 0 Å². The molecule has 19 heavy (non-hydrogen) atoms. The minimum Gasteiger partial charge on any atom is -0.487 e. The third-order valence-corrected chi connectivity index (χ3v) is 3.93. The van der Waals surface area contributed by atoms with E-state index >= 15 is 0 Å². The number of aromatic nitrogens is 2. The molecule has 0 aliphatic carbocycles. The fourth-order valence-electron chi connectivity index (χ4n) is 1.77. The van der Waals surface area contributed by atoms with Crippen molar-refractivity contribution in [1.29, 1.82) is 0 Å². The van der Waals surface area contributed by atoms with Crippen molar-refractivity contribution in [3.8, 4) is 5.75 Å². The van der Waals surface area contributed by atoms with Crippen LogP contribution in [0.25, 0.3) is 0 Å². The van der Waals surface area contributed by atoms with Gasteiger partial charge in [-0.1, -0.05) is 0 Å². The van der Waals surface area contributed by atoms with Crippen LogP contribution in [0.15, 0.2) is 28.7 Å². The third kappa shape index (κ3) is 3.04. The maximum Gasteiger partial charge on any atom is 0.159 e. The first-order valence-corrected chi connectivity index (χ1v) is 6.70. The zero-order valence-electron chi connectivity index (χ0n) is 11.1. The van der Waals surface area contributed by atoms with Crippen LogP contribution >= 0.6 is 15.9 Å². The van der Waals surface area contributed by atoms with Gasteiger partial charge in [0.2, 0.25) is 0 Å². The Hall–Kier alpha value is -1.62. The first-order valence-electron chi connectivity index (χ1n) is 5.91. The number of benzene rings is 1. The van der Waals surface area contributed by atoms with Crippen molar-refractivity contribution in [2.24, 2.45) is 7.05 Å². The molecular weight excluding hydrogens is 308 g/mol. The second-order valence-corrected chi connectivity index (χ2v) is 5.13. The van der Waals surface area contributed by atoms with E-state index in [9.17, 15) is 4.79 Å². The molecule has 0 fully saturated rings. The Morgan fingerprint density at radius 2 is 2.00 bits per heavy atom. The summed E-state index contributed by atoms with van der Waals surface area (Å²) in [5.41, 5.74) is 2.60. The summed E-state index contributed by atoms with van der Waals surface area (Å²) >= 11 is 3.50. The number of rotatable bonds is 4. The molecule has 0 saturated carbocycles. The SMILES string of the molecule is CC(=O)c1ccc(OCc2c(Br)c(C)nn2C)cc1. The van der Waals surface area contributed by atoms with Crippen LogP contribution in [0, 0.1) is 6.92 Å². The smallest absolute Gasteiger partial charge is 0.159 e. The van der Waals surface area contributed by atoms with Crippen molar-refractivity contribution in [2.75, 3.05) is 0 Å². The zero-order chi connectivity index (χ0) is 14.0. The summed E-state index contributed by atoms with van der Waals surface area (Å²) in [6.45, 7) is 3.91. The first kappa shape index (κ1) is 13.8. The van der Waals surface area contributed by atoms with E-state index in [4.69, 9.17) is 4.74 Å². The van der Waals surface area contributed by atoms with E-state index < -0.39 is 0 Å². The summed E-state index contributed by atoms with van der Waals surface area (Å²) in [5, 5.41) is 4.31. The Balaban J connectivity index is 2.08. The maximum atomic E-state index is 11.2. The van der Waals surface area contributed by atoms with E-state index in [0.717, 1.165) is 21.6 Å². The molecule has 1 aromatic carbocycles. The largest absolute Gasteiger partial charge is 0.487 e. The lowest BCUT2D eigenvalue weighted by Crippen LogP contribution is -2.03. The molecule has 5 heteroatoms. The second kappa shape index (κ2) is 5.57. The average molecular weight is 323 g/mol. The van der Waals surface area contributed by atoms with E-state index in [-0.39, 0.29) is 5.78 Å². The van der Waals surface area contributed by atoms with Crippen LogP contribution in [0.3, 0.4) is 0 Å². The van der Waals surface area contributed by atoms with Crippen LogP contribution in [0.2, 0.25) is 0 Å². The number of ether oxygens (including phenoxy) is 1. The molecule has 0 spiro atoms. The number of ketones is 1. The summed E-state index contributed by atoms with van der Waals surface area (Å²) < 4.78 is 8.46. The van der Waals surface area contributed by atoms with Crippen LogP contribution in [-0.2, 0) is 13.7 Å². The lowest BCUT2D eigenvalue weighted by atomic mass is 10.1. The fraction of sp³-hybridized carbons (Fsp3) is 0.286. The minimum absolute atomic E-state index is 0.0524. The molecule has 4 nitrogen and oxygen atoms in total. The lowest BCUT2D eigenvalue weighted by molar-refractivity contribution is 0.101. The first-order chi connectivity index (χ1) is 8.99. The van der Waals surface area contributed by atoms with Gasteiger partial charge in [-0.25, -0.2) is 0 Å². The number of halogens is 1. The van der Waals surface area contributed by atoms with Gasteiger partial charge >= 0.3 is 0 Å². The monoisotopic (exact) mass is 322 g/mol. The van der Waals surface area contributed by atoms with E-state index in [0.29, 0.717) is 12.2 Å². The molecule has 0 radical (unpaired) electrons. The van der Waals surface area contributed by atoms with E-state index in [1.807, 2.05) is 14.0 Å². The van der Waals surface area contributed by atoms with Crippen molar-refractivity contribution in [3.63, 3.8) is 0 Å². The van der Waals surface area contributed by atoms with Gasteiger partial charge in [0.1, 0.15) is 12.4 Å². The van der Waals surface area contributed by atoms with Crippen LogP contribution in [0.1, 0.15) is 28.7 Å². The number of Topliss-reactive ketones (excluding diaryl/α,β-unsaturated/α-hetero) is 1. The molecule has 1 heterocycles. The van der Waals surface area contributed by atoms with Gasteiger partial charge in [-0.15, -0.1) is 0 Å². The van der Waals surface area contributed by atoms with E-state index in [2.05, 4.69) is 21.0 Å². The molecule has 0 amide bonds. The third-order valence-electron chi connectivity index (χ3n) is 2.90. The van der Waals surface area contributed by atoms with Gasteiger partial charge in [0, 0.05) is 12.6 Å². The summed E-state index contributed by atoms with van der Waals surface area (Å²) in [7, 11) is 1.88. The van der Waals surface area contributed by atoms with Gasteiger partial charge in [0.25, 0.3) is 0 Å². The zero-order valence-corrected chi connectivity index (χ0v) is 12.7.